The zero-order valence-corrected chi connectivity index (χ0v) is 11.9. The molecule has 0 aliphatic rings. The molecule has 0 aliphatic carbocycles. The fourth-order valence-corrected chi connectivity index (χ4v) is 2.30. The largest absolute Gasteiger partial charge is 0.322 e. The summed E-state index contributed by atoms with van der Waals surface area (Å²) >= 11 is 3.23. The molecule has 0 spiro atoms. The fourth-order valence-electron chi connectivity index (χ4n) is 1.63. The molecule has 2 rings (SSSR count). The minimum absolute atomic E-state index is 0.154. The van der Waals surface area contributed by atoms with Gasteiger partial charge in [0.15, 0.2) is 17.5 Å². The molecule has 0 saturated heterocycles. The quantitative estimate of drug-likeness (QED) is 0.803. The van der Waals surface area contributed by atoms with Gasteiger partial charge in [0.1, 0.15) is 0 Å². The Kier molecular flexibility index (Phi) is 4.13. The van der Waals surface area contributed by atoms with Crippen molar-refractivity contribution in [1.29, 1.82) is 0 Å². The molecule has 2 aromatic rings. The Bertz CT molecular complexity index is 665. The topological polar surface area (TPSA) is 29.1 Å². The predicted molar refractivity (Wildman–Crippen MR) is 73.1 cm³/mol. The van der Waals surface area contributed by atoms with Crippen molar-refractivity contribution >= 4 is 27.5 Å². The van der Waals surface area contributed by atoms with E-state index in [0.29, 0.717) is 10.0 Å². The van der Waals surface area contributed by atoms with Crippen molar-refractivity contribution in [2.24, 2.45) is 0 Å². The molecule has 0 fully saturated rings. The van der Waals surface area contributed by atoms with Gasteiger partial charge in [0.2, 0.25) is 0 Å². The summed E-state index contributed by atoms with van der Waals surface area (Å²) in [6.45, 7) is 1.86. The number of hydrogen-bond acceptors (Lipinski definition) is 1. The highest BCUT2D eigenvalue weighted by Crippen LogP contribution is 2.21. The molecule has 1 N–H and O–H groups in total. The van der Waals surface area contributed by atoms with Gasteiger partial charge in [-0.25, -0.2) is 13.2 Å². The molecule has 2 aromatic carbocycles. The molecule has 0 aliphatic heterocycles. The van der Waals surface area contributed by atoms with E-state index in [-0.39, 0.29) is 5.69 Å². The molecule has 0 radical (unpaired) electrons. The smallest absolute Gasteiger partial charge is 0.256 e. The van der Waals surface area contributed by atoms with E-state index in [1.165, 1.54) is 0 Å². The summed E-state index contributed by atoms with van der Waals surface area (Å²) in [4.78, 5) is 12.0. The molecule has 0 heterocycles. The van der Waals surface area contributed by atoms with Gasteiger partial charge in [-0.2, -0.15) is 0 Å². The maximum absolute atomic E-state index is 13.0. The van der Waals surface area contributed by atoms with Crippen LogP contribution in [0.15, 0.2) is 34.8 Å². The zero-order chi connectivity index (χ0) is 14.9. The maximum Gasteiger partial charge on any atom is 0.256 e. The second-order valence-electron chi connectivity index (χ2n) is 4.19. The number of benzene rings is 2. The molecule has 20 heavy (non-hydrogen) atoms. The number of anilines is 1. The van der Waals surface area contributed by atoms with Crippen LogP contribution in [0, 0.1) is 24.4 Å². The van der Waals surface area contributed by atoms with Crippen LogP contribution in [0.2, 0.25) is 0 Å². The second-order valence-corrected chi connectivity index (χ2v) is 5.05. The molecule has 0 atom stereocenters. The number of amides is 1. The molecule has 2 nitrogen and oxygen atoms in total. The van der Waals surface area contributed by atoms with Crippen molar-refractivity contribution in [3.63, 3.8) is 0 Å². The summed E-state index contributed by atoms with van der Waals surface area (Å²) in [7, 11) is 0. The first kappa shape index (κ1) is 14.6. The van der Waals surface area contributed by atoms with Gasteiger partial charge >= 0.3 is 0 Å². The van der Waals surface area contributed by atoms with Gasteiger partial charge in [-0.15, -0.1) is 0 Å². The van der Waals surface area contributed by atoms with E-state index in [1.807, 2.05) is 6.92 Å². The number of carbonyl (C=O) groups is 1. The summed E-state index contributed by atoms with van der Waals surface area (Å²) in [5, 5.41) is 2.31. The van der Waals surface area contributed by atoms with Crippen LogP contribution >= 0.6 is 15.9 Å². The maximum atomic E-state index is 13.0. The third kappa shape index (κ3) is 3.01. The van der Waals surface area contributed by atoms with Gasteiger partial charge in [-0.3, -0.25) is 4.79 Å². The Morgan fingerprint density at radius 3 is 2.25 bits per heavy atom. The summed E-state index contributed by atoms with van der Waals surface area (Å²) in [6, 6.07) is 6.48. The third-order valence-electron chi connectivity index (χ3n) is 2.61. The van der Waals surface area contributed by atoms with Gasteiger partial charge in [0, 0.05) is 22.3 Å². The Morgan fingerprint density at radius 1 is 1.10 bits per heavy atom. The first-order valence-corrected chi connectivity index (χ1v) is 6.40. The number of nitrogens with one attached hydrogen (secondary N) is 1. The summed E-state index contributed by atoms with van der Waals surface area (Å²) < 4.78 is 39.5. The summed E-state index contributed by atoms with van der Waals surface area (Å²) in [5.41, 5.74) is 1.10. The van der Waals surface area contributed by atoms with Crippen molar-refractivity contribution in [1.82, 2.24) is 0 Å². The Balaban J connectivity index is 2.28. The van der Waals surface area contributed by atoms with Crippen LogP contribution in [-0.4, -0.2) is 5.91 Å². The van der Waals surface area contributed by atoms with Gasteiger partial charge in [0.25, 0.3) is 5.91 Å². The van der Waals surface area contributed by atoms with Crippen LogP contribution in [0.4, 0.5) is 18.9 Å². The van der Waals surface area contributed by atoms with Crippen molar-refractivity contribution in [3.8, 4) is 0 Å². The zero-order valence-electron chi connectivity index (χ0n) is 10.3. The minimum Gasteiger partial charge on any atom is -0.322 e. The van der Waals surface area contributed by atoms with E-state index in [0.717, 1.165) is 17.7 Å². The third-order valence-corrected chi connectivity index (χ3v) is 3.27. The average molecular weight is 344 g/mol. The van der Waals surface area contributed by atoms with Gasteiger partial charge in [-0.05, 0) is 40.5 Å². The summed E-state index contributed by atoms with van der Waals surface area (Å²) in [5.74, 6) is -4.84. The van der Waals surface area contributed by atoms with Crippen molar-refractivity contribution in [2.45, 2.75) is 6.92 Å². The van der Waals surface area contributed by atoms with Crippen LogP contribution in [-0.2, 0) is 0 Å². The first-order valence-electron chi connectivity index (χ1n) is 5.60. The molecule has 0 saturated carbocycles. The molecular weight excluding hydrogens is 335 g/mol. The van der Waals surface area contributed by atoms with E-state index in [2.05, 4.69) is 21.2 Å². The van der Waals surface area contributed by atoms with Gasteiger partial charge in [0.05, 0.1) is 5.56 Å². The molecule has 1 amide bonds. The second kappa shape index (κ2) is 5.66. The Hall–Kier alpha value is -1.82. The van der Waals surface area contributed by atoms with Crippen LogP contribution in [0.5, 0.6) is 0 Å². The molecular formula is C14H9BrF3NO. The number of halogens is 4. The highest BCUT2D eigenvalue weighted by molar-refractivity contribution is 9.10. The van der Waals surface area contributed by atoms with Crippen molar-refractivity contribution < 1.29 is 18.0 Å². The molecule has 104 valence electrons. The number of hydrogen-bond donors (Lipinski definition) is 1. The van der Waals surface area contributed by atoms with Crippen molar-refractivity contribution in [2.75, 3.05) is 5.32 Å². The van der Waals surface area contributed by atoms with Gasteiger partial charge < -0.3 is 5.32 Å². The van der Waals surface area contributed by atoms with Gasteiger partial charge in [-0.1, -0.05) is 6.07 Å². The average Bonchev–Trinajstić information content (AvgIpc) is 2.35. The number of rotatable bonds is 2. The molecule has 0 unspecified atom stereocenters. The standard InChI is InChI=1S/C14H9BrF3NO/c1-7-2-3-9(10(15)4-7)14(20)19-8-5-11(16)13(18)12(17)6-8/h2-6H,1H3,(H,19,20). The van der Waals surface area contributed by atoms with E-state index < -0.39 is 23.4 Å². The molecule has 0 aromatic heterocycles. The van der Waals surface area contributed by atoms with Crippen LogP contribution in [0.1, 0.15) is 15.9 Å². The van der Waals surface area contributed by atoms with Crippen molar-refractivity contribution in [3.05, 3.63) is 63.4 Å². The number of carbonyl (C=O) groups excluding carboxylic acids is 1. The highest BCUT2D eigenvalue weighted by atomic mass is 79.9. The SMILES string of the molecule is Cc1ccc(C(=O)Nc2cc(F)c(F)c(F)c2)c(Br)c1. The lowest BCUT2D eigenvalue weighted by Gasteiger charge is -2.08. The summed E-state index contributed by atoms with van der Waals surface area (Å²) in [6.07, 6.45) is 0. The normalized spacial score (nSPS) is 10.4. The minimum atomic E-state index is -1.57. The monoisotopic (exact) mass is 343 g/mol. The van der Waals surface area contributed by atoms with Crippen LogP contribution in [0.25, 0.3) is 0 Å². The predicted octanol–water partition coefficient (Wildman–Crippen LogP) is 4.43. The highest BCUT2D eigenvalue weighted by Gasteiger charge is 2.14. The van der Waals surface area contributed by atoms with E-state index in [9.17, 15) is 18.0 Å². The molecule has 6 heteroatoms. The van der Waals surface area contributed by atoms with Crippen LogP contribution in [0.3, 0.4) is 0 Å². The van der Waals surface area contributed by atoms with E-state index in [1.54, 1.807) is 18.2 Å². The lowest BCUT2D eigenvalue weighted by molar-refractivity contribution is 0.102. The Morgan fingerprint density at radius 2 is 1.70 bits per heavy atom. The lowest BCUT2D eigenvalue weighted by Crippen LogP contribution is -2.13. The van der Waals surface area contributed by atoms with E-state index in [4.69, 9.17) is 0 Å². The Labute approximate surface area is 121 Å². The first-order chi connectivity index (χ1) is 9.38. The van der Waals surface area contributed by atoms with E-state index >= 15 is 0 Å². The van der Waals surface area contributed by atoms with Crippen LogP contribution < -0.4 is 5.32 Å². The number of aryl methyl sites for hydroxylation is 1. The lowest BCUT2D eigenvalue weighted by atomic mass is 10.1. The fraction of sp³-hybridized carbons (Fsp3) is 0.0714. The molecule has 0 bridgehead atoms.